The summed E-state index contributed by atoms with van der Waals surface area (Å²) >= 11 is 11.9. The van der Waals surface area contributed by atoms with Crippen molar-refractivity contribution in [2.24, 2.45) is 0 Å². The van der Waals surface area contributed by atoms with E-state index in [2.05, 4.69) is 4.90 Å². The molecule has 7 heteroatoms. The van der Waals surface area contributed by atoms with Crippen LogP contribution in [0.25, 0.3) is 6.08 Å². The van der Waals surface area contributed by atoms with E-state index in [9.17, 15) is 9.59 Å². The van der Waals surface area contributed by atoms with Crippen LogP contribution in [0.2, 0.25) is 10.0 Å². The summed E-state index contributed by atoms with van der Waals surface area (Å²) in [4.78, 5) is 31.0. The van der Waals surface area contributed by atoms with Gasteiger partial charge in [0.05, 0.1) is 10.0 Å². The number of hydrogen-bond donors (Lipinski definition) is 0. The number of carbonyl (C=O) groups excluding carboxylic acids is 2. The zero-order chi connectivity index (χ0) is 19.9. The van der Waals surface area contributed by atoms with E-state index in [1.54, 1.807) is 23.1 Å². The molecule has 0 bridgehead atoms. The van der Waals surface area contributed by atoms with Crippen LogP contribution in [0.5, 0.6) is 0 Å². The average Bonchev–Trinajstić information content (AvgIpc) is 3.13. The Balaban J connectivity index is 1.48. The van der Waals surface area contributed by atoms with Crippen molar-refractivity contribution >= 4 is 41.1 Å². The van der Waals surface area contributed by atoms with E-state index in [4.69, 9.17) is 23.2 Å². The third-order valence-electron chi connectivity index (χ3n) is 5.36. The van der Waals surface area contributed by atoms with Crippen LogP contribution in [0.4, 0.5) is 0 Å². The molecule has 0 atom stereocenters. The molecule has 0 spiro atoms. The highest BCUT2D eigenvalue weighted by Gasteiger charge is 2.22. The second-order valence-electron chi connectivity index (χ2n) is 7.37. The summed E-state index contributed by atoms with van der Waals surface area (Å²) in [5.41, 5.74) is 0.817. The molecule has 0 saturated carbocycles. The first-order valence-electron chi connectivity index (χ1n) is 9.95. The van der Waals surface area contributed by atoms with Gasteiger partial charge in [-0.05, 0) is 62.7 Å². The molecule has 28 heavy (non-hydrogen) atoms. The van der Waals surface area contributed by atoms with Gasteiger partial charge >= 0.3 is 0 Å². The molecule has 2 heterocycles. The number of nitrogens with zero attached hydrogens (tertiary/aromatic N) is 3. The molecular weight excluding hydrogens is 397 g/mol. The van der Waals surface area contributed by atoms with Gasteiger partial charge in [-0.25, -0.2) is 0 Å². The van der Waals surface area contributed by atoms with E-state index >= 15 is 0 Å². The second-order valence-corrected chi connectivity index (χ2v) is 8.18. The van der Waals surface area contributed by atoms with Crippen molar-refractivity contribution in [2.75, 3.05) is 45.8 Å². The topological polar surface area (TPSA) is 43.9 Å². The highest BCUT2D eigenvalue weighted by molar-refractivity contribution is 6.42. The van der Waals surface area contributed by atoms with Gasteiger partial charge in [-0.15, -0.1) is 0 Å². The highest BCUT2D eigenvalue weighted by atomic mass is 35.5. The largest absolute Gasteiger partial charge is 0.341 e. The average molecular weight is 424 g/mol. The second kappa shape index (κ2) is 10.3. The first-order valence-corrected chi connectivity index (χ1v) is 10.7. The van der Waals surface area contributed by atoms with Crippen molar-refractivity contribution in [3.63, 3.8) is 0 Å². The lowest BCUT2D eigenvalue weighted by Crippen LogP contribution is -2.36. The van der Waals surface area contributed by atoms with Crippen LogP contribution >= 0.6 is 23.2 Å². The maximum atomic E-state index is 12.5. The van der Waals surface area contributed by atoms with Crippen LogP contribution in [0, 0.1) is 0 Å². The third kappa shape index (κ3) is 5.97. The Morgan fingerprint density at radius 3 is 2.54 bits per heavy atom. The maximum Gasteiger partial charge on any atom is 0.246 e. The minimum absolute atomic E-state index is 0.0854. The summed E-state index contributed by atoms with van der Waals surface area (Å²) in [7, 11) is 0. The molecule has 0 aromatic heterocycles. The molecule has 0 N–H and O–H groups in total. The number of halogens is 2. The Labute approximate surface area is 176 Å². The molecule has 1 aromatic carbocycles. The summed E-state index contributed by atoms with van der Waals surface area (Å²) in [6, 6.07) is 5.24. The van der Waals surface area contributed by atoms with Gasteiger partial charge in [-0.1, -0.05) is 29.3 Å². The van der Waals surface area contributed by atoms with E-state index in [-0.39, 0.29) is 11.8 Å². The lowest BCUT2D eigenvalue weighted by molar-refractivity contribution is -0.130. The number of rotatable bonds is 6. The number of benzene rings is 1. The van der Waals surface area contributed by atoms with E-state index in [0.29, 0.717) is 36.1 Å². The normalized spacial score (nSPS) is 18.9. The van der Waals surface area contributed by atoms with Crippen molar-refractivity contribution in [1.29, 1.82) is 0 Å². The van der Waals surface area contributed by atoms with Gasteiger partial charge in [0, 0.05) is 38.7 Å². The standard InChI is InChI=1S/C21H27Cl2N3O2/c22-18-6-4-17(16-19(18)23)5-7-20(27)26-13-8-21(28)25(14-15-26)12-3-11-24-9-1-2-10-24/h4-7,16H,1-3,8-15H2/b7-5+. The van der Waals surface area contributed by atoms with Crippen molar-refractivity contribution in [3.8, 4) is 0 Å². The van der Waals surface area contributed by atoms with Gasteiger partial charge in [0.2, 0.25) is 11.8 Å². The van der Waals surface area contributed by atoms with E-state index in [1.807, 2.05) is 11.0 Å². The fraction of sp³-hybridized carbons (Fsp3) is 0.524. The van der Waals surface area contributed by atoms with Crippen LogP contribution in [-0.2, 0) is 9.59 Å². The van der Waals surface area contributed by atoms with Crippen molar-refractivity contribution < 1.29 is 9.59 Å². The summed E-state index contributed by atoms with van der Waals surface area (Å²) in [6.07, 6.45) is 7.22. The van der Waals surface area contributed by atoms with E-state index in [1.165, 1.54) is 32.0 Å². The summed E-state index contributed by atoms with van der Waals surface area (Å²) < 4.78 is 0. The first kappa shape index (κ1) is 21.2. The van der Waals surface area contributed by atoms with Crippen LogP contribution in [0.1, 0.15) is 31.2 Å². The van der Waals surface area contributed by atoms with Crippen LogP contribution < -0.4 is 0 Å². The molecule has 2 saturated heterocycles. The molecule has 152 valence electrons. The monoisotopic (exact) mass is 423 g/mol. The molecule has 2 aliphatic heterocycles. The summed E-state index contributed by atoms with van der Waals surface area (Å²) in [6.45, 7) is 5.83. The van der Waals surface area contributed by atoms with Gasteiger partial charge < -0.3 is 14.7 Å². The number of carbonyl (C=O) groups is 2. The van der Waals surface area contributed by atoms with E-state index < -0.39 is 0 Å². The predicted octanol–water partition coefficient (Wildman–Crippen LogP) is 3.55. The SMILES string of the molecule is O=C(/C=C/c1ccc(Cl)c(Cl)c1)N1CCC(=O)N(CCCN2CCCC2)CC1. The van der Waals surface area contributed by atoms with E-state index in [0.717, 1.165) is 25.1 Å². The molecule has 0 radical (unpaired) electrons. The lowest BCUT2D eigenvalue weighted by atomic mass is 10.2. The Morgan fingerprint density at radius 1 is 1.00 bits per heavy atom. The molecule has 0 aliphatic carbocycles. The molecule has 5 nitrogen and oxygen atoms in total. The third-order valence-corrected chi connectivity index (χ3v) is 6.10. The number of amides is 2. The number of likely N-dealkylation sites (tertiary alicyclic amines) is 1. The van der Waals surface area contributed by atoms with Crippen LogP contribution in [-0.4, -0.2) is 72.3 Å². The Kier molecular flexibility index (Phi) is 7.77. The molecule has 0 unspecified atom stereocenters. The lowest BCUT2D eigenvalue weighted by Gasteiger charge is -2.23. The zero-order valence-corrected chi connectivity index (χ0v) is 17.6. The summed E-state index contributed by atoms with van der Waals surface area (Å²) in [5, 5.41) is 0.946. The fourth-order valence-corrected chi connectivity index (χ4v) is 4.01. The van der Waals surface area contributed by atoms with Gasteiger partial charge in [-0.3, -0.25) is 9.59 Å². The van der Waals surface area contributed by atoms with Gasteiger partial charge in [0.1, 0.15) is 0 Å². The predicted molar refractivity (Wildman–Crippen MR) is 114 cm³/mol. The Bertz CT molecular complexity index is 732. The molecular formula is C21H27Cl2N3O2. The maximum absolute atomic E-state index is 12.5. The fourth-order valence-electron chi connectivity index (χ4n) is 3.70. The molecule has 3 rings (SSSR count). The minimum atomic E-state index is -0.0854. The number of hydrogen-bond acceptors (Lipinski definition) is 3. The molecule has 1 aromatic rings. The van der Waals surface area contributed by atoms with Crippen molar-refractivity contribution in [2.45, 2.75) is 25.7 Å². The summed E-state index contributed by atoms with van der Waals surface area (Å²) in [5.74, 6) is 0.0583. The highest BCUT2D eigenvalue weighted by Crippen LogP contribution is 2.23. The smallest absolute Gasteiger partial charge is 0.246 e. The molecule has 2 aliphatic rings. The van der Waals surface area contributed by atoms with Crippen molar-refractivity contribution in [3.05, 3.63) is 39.9 Å². The Hall–Kier alpha value is -1.56. The van der Waals surface area contributed by atoms with Gasteiger partial charge in [0.25, 0.3) is 0 Å². The first-order chi connectivity index (χ1) is 13.5. The molecule has 2 amide bonds. The van der Waals surface area contributed by atoms with Crippen LogP contribution in [0.15, 0.2) is 24.3 Å². The quantitative estimate of drug-likeness (QED) is 0.656. The minimum Gasteiger partial charge on any atom is -0.341 e. The zero-order valence-electron chi connectivity index (χ0n) is 16.1. The van der Waals surface area contributed by atoms with Crippen LogP contribution in [0.3, 0.4) is 0 Å². The Morgan fingerprint density at radius 2 is 1.79 bits per heavy atom. The van der Waals surface area contributed by atoms with Gasteiger partial charge in [0.15, 0.2) is 0 Å². The molecule has 2 fully saturated rings. The van der Waals surface area contributed by atoms with Crippen molar-refractivity contribution in [1.82, 2.24) is 14.7 Å². The van der Waals surface area contributed by atoms with Gasteiger partial charge in [-0.2, -0.15) is 0 Å².